The molecular formula is C19H23BrN2O2. The molecule has 0 saturated carbocycles. The van der Waals surface area contributed by atoms with Gasteiger partial charge in [0.15, 0.2) is 0 Å². The second kappa shape index (κ2) is 6.19. The molecule has 4 nitrogen and oxygen atoms in total. The Bertz CT molecular complexity index is 785. The third-order valence-electron chi connectivity index (χ3n) is 5.69. The van der Waals surface area contributed by atoms with Crippen LogP contribution in [0, 0.1) is 5.92 Å². The molecule has 1 aromatic carbocycles. The van der Waals surface area contributed by atoms with Gasteiger partial charge in [-0.15, -0.1) is 0 Å². The number of methoxy groups -OCH3 is 1. The SMILES string of the molecule is CCCN1CC(C(=O)OC)C[C@H]2c3cccc4[nH]c(Br)c(c34)C[C@@H]21. The van der Waals surface area contributed by atoms with E-state index >= 15 is 0 Å². The van der Waals surface area contributed by atoms with E-state index in [2.05, 4.69) is 50.9 Å². The number of hydrogen-bond acceptors (Lipinski definition) is 3. The maximum Gasteiger partial charge on any atom is 0.309 e. The standard InChI is InChI=1S/C19H23BrN2O2/c1-3-7-22-10-11(19(23)24-2)8-13-12-5-4-6-15-17(12)14(9-16(13)22)18(20)21-15/h4-6,11,13,16,21H,3,7-10H2,1-2H3/t11?,13-,16-/m0/s1. The number of ether oxygens (including phenoxy) is 1. The van der Waals surface area contributed by atoms with Crippen LogP contribution >= 0.6 is 15.9 Å². The number of fused-ring (bicyclic) bond motifs is 2. The van der Waals surface area contributed by atoms with Crippen molar-refractivity contribution >= 4 is 32.8 Å². The van der Waals surface area contributed by atoms with Crippen LogP contribution in [0.4, 0.5) is 0 Å². The largest absolute Gasteiger partial charge is 0.469 e. The molecule has 0 radical (unpaired) electrons. The predicted molar refractivity (Wildman–Crippen MR) is 98.2 cm³/mol. The zero-order valence-electron chi connectivity index (χ0n) is 14.1. The lowest BCUT2D eigenvalue weighted by Gasteiger charge is -2.46. The summed E-state index contributed by atoms with van der Waals surface area (Å²) in [6.45, 7) is 4.05. The summed E-state index contributed by atoms with van der Waals surface area (Å²) in [7, 11) is 1.50. The Kier molecular flexibility index (Phi) is 4.17. The molecule has 2 aliphatic rings. The number of halogens is 1. The van der Waals surface area contributed by atoms with Crippen molar-refractivity contribution in [2.45, 2.75) is 38.1 Å². The summed E-state index contributed by atoms with van der Waals surface area (Å²) in [5.74, 6) is 0.304. The maximum absolute atomic E-state index is 12.2. The van der Waals surface area contributed by atoms with E-state index < -0.39 is 0 Å². The first-order chi connectivity index (χ1) is 11.6. The molecule has 0 spiro atoms. The molecule has 1 fully saturated rings. The number of aromatic amines is 1. The first-order valence-electron chi connectivity index (χ1n) is 8.74. The molecule has 2 heterocycles. The lowest BCUT2D eigenvalue weighted by atomic mass is 9.72. The zero-order valence-corrected chi connectivity index (χ0v) is 15.7. The number of benzene rings is 1. The second-order valence-corrected chi connectivity index (χ2v) is 7.81. The number of carbonyl (C=O) groups is 1. The van der Waals surface area contributed by atoms with E-state index in [1.165, 1.54) is 29.1 Å². The van der Waals surface area contributed by atoms with Crippen molar-refractivity contribution in [3.05, 3.63) is 33.9 Å². The summed E-state index contributed by atoms with van der Waals surface area (Å²) in [4.78, 5) is 18.2. The van der Waals surface area contributed by atoms with Gasteiger partial charge in [0.05, 0.1) is 17.6 Å². The molecule has 1 unspecified atom stereocenters. The number of nitrogens with one attached hydrogen (secondary N) is 1. The number of hydrogen-bond donors (Lipinski definition) is 1. The van der Waals surface area contributed by atoms with Crippen molar-refractivity contribution in [3.8, 4) is 0 Å². The maximum atomic E-state index is 12.2. The van der Waals surface area contributed by atoms with Crippen LogP contribution in [0.3, 0.4) is 0 Å². The summed E-state index contributed by atoms with van der Waals surface area (Å²) >= 11 is 3.71. The van der Waals surface area contributed by atoms with Crippen LogP contribution in [0.1, 0.15) is 36.8 Å². The number of carbonyl (C=O) groups excluding carboxylic acids is 1. The molecule has 24 heavy (non-hydrogen) atoms. The van der Waals surface area contributed by atoms with Gasteiger partial charge in [-0.1, -0.05) is 19.1 Å². The lowest BCUT2D eigenvalue weighted by molar-refractivity contribution is -0.148. The third-order valence-corrected chi connectivity index (χ3v) is 6.37. The highest BCUT2D eigenvalue weighted by Crippen LogP contribution is 2.46. The summed E-state index contributed by atoms with van der Waals surface area (Å²) < 4.78 is 6.17. The van der Waals surface area contributed by atoms with Crippen LogP contribution in [0.15, 0.2) is 22.8 Å². The molecule has 1 saturated heterocycles. The topological polar surface area (TPSA) is 45.3 Å². The molecule has 1 aromatic heterocycles. The molecule has 1 N–H and O–H groups in total. The molecule has 0 amide bonds. The van der Waals surface area contributed by atoms with Crippen molar-refractivity contribution in [3.63, 3.8) is 0 Å². The van der Waals surface area contributed by atoms with Crippen molar-refractivity contribution in [1.29, 1.82) is 0 Å². The summed E-state index contributed by atoms with van der Waals surface area (Å²) in [6, 6.07) is 6.97. The van der Waals surface area contributed by atoms with Crippen LogP contribution in [-0.2, 0) is 16.0 Å². The van der Waals surface area contributed by atoms with E-state index in [0.29, 0.717) is 12.0 Å². The molecular weight excluding hydrogens is 368 g/mol. The lowest BCUT2D eigenvalue weighted by Crippen LogP contribution is -2.51. The molecule has 1 aliphatic carbocycles. The molecule has 128 valence electrons. The highest BCUT2D eigenvalue weighted by Gasteiger charge is 2.43. The van der Waals surface area contributed by atoms with Crippen LogP contribution in [-0.4, -0.2) is 42.1 Å². The first-order valence-corrected chi connectivity index (χ1v) is 9.54. The molecule has 0 bridgehead atoms. The molecule has 1 aliphatic heterocycles. The van der Waals surface area contributed by atoms with Gasteiger partial charge >= 0.3 is 5.97 Å². The van der Waals surface area contributed by atoms with Gasteiger partial charge in [0.2, 0.25) is 0 Å². The first kappa shape index (κ1) is 16.2. The Balaban J connectivity index is 1.80. The van der Waals surface area contributed by atoms with Crippen LogP contribution < -0.4 is 0 Å². The smallest absolute Gasteiger partial charge is 0.309 e. The van der Waals surface area contributed by atoms with Gasteiger partial charge < -0.3 is 9.72 Å². The van der Waals surface area contributed by atoms with E-state index in [-0.39, 0.29) is 11.9 Å². The molecule has 2 aromatic rings. The highest BCUT2D eigenvalue weighted by atomic mass is 79.9. The van der Waals surface area contributed by atoms with Gasteiger partial charge in [0.1, 0.15) is 0 Å². The van der Waals surface area contributed by atoms with E-state index in [4.69, 9.17) is 4.74 Å². The monoisotopic (exact) mass is 390 g/mol. The third kappa shape index (κ3) is 2.40. The number of likely N-dealkylation sites (tertiary alicyclic amines) is 1. The average molecular weight is 391 g/mol. The van der Waals surface area contributed by atoms with Crippen molar-refractivity contribution in [2.75, 3.05) is 20.2 Å². The van der Waals surface area contributed by atoms with Gasteiger partial charge in [0, 0.05) is 29.4 Å². The van der Waals surface area contributed by atoms with Crippen LogP contribution in [0.5, 0.6) is 0 Å². The predicted octanol–water partition coefficient (Wildman–Crippen LogP) is 3.84. The number of H-pyrrole nitrogens is 1. The molecule has 5 heteroatoms. The van der Waals surface area contributed by atoms with Gasteiger partial charge in [0.25, 0.3) is 0 Å². The van der Waals surface area contributed by atoms with Crippen molar-refractivity contribution in [1.82, 2.24) is 9.88 Å². The minimum absolute atomic E-state index is 0.0259. The Morgan fingerprint density at radius 3 is 3.04 bits per heavy atom. The average Bonchev–Trinajstić information content (AvgIpc) is 2.92. The van der Waals surface area contributed by atoms with Gasteiger partial charge in [-0.25, -0.2) is 0 Å². The summed E-state index contributed by atoms with van der Waals surface area (Å²) in [5, 5.41) is 1.35. The van der Waals surface area contributed by atoms with Crippen LogP contribution in [0.25, 0.3) is 10.9 Å². The molecule has 4 rings (SSSR count). The van der Waals surface area contributed by atoms with Crippen molar-refractivity contribution in [2.24, 2.45) is 5.92 Å². The minimum atomic E-state index is -0.0669. The number of aromatic nitrogens is 1. The highest BCUT2D eigenvalue weighted by molar-refractivity contribution is 9.10. The Morgan fingerprint density at radius 1 is 1.46 bits per heavy atom. The number of esters is 1. The van der Waals surface area contributed by atoms with E-state index in [9.17, 15) is 4.79 Å². The fourth-order valence-electron chi connectivity index (χ4n) is 4.72. The number of rotatable bonds is 3. The Labute approximate surface area is 150 Å². The Hall–Kier alpha value is -1.33. The van der Waals surface area contributed by atoms with Gasteiger partial charge in [-0.05, 0) is 58.9 Å². The summed E-state index contributed by atoms with van der Waals surface area (Å²) in [5.41, 5.74) is 3.96. The fraction of sp³-hybridized carbons (Fsp3) is 0.526. The van der Waals surface area contributed by atoms with Gasteiger partial charge in [-0.3, -0.25) is 9.69 Å². The normalized spacial score (nSPS) is 26.4. The van der Waals surface area contributed by atoms with Crippen LogP contribution in [0.2, 0.25) is 0 Å². The minimum Gasteiger partial charge on any atom is -0.469 e. The molecule has 3 atom stereocenters. The zero-order chi connectivity index (χ0) is 16.8. The van der Waals surface area contributed by atoms with E-state index in [1.807, 2.05) is 0 Å². The second-order valence-electron chi connectivity index (χ2n) is 7.02. The fourth-order valence-corrected chi connectivity index (χ4v) is 5.30. The number of piperidine rings is 1. The van der Waals surface area contributed by atoms with Crippen molar-refractivity contribution < 1.29 is 9.53 Å². The van der Waals surface area contributed by atoms with Gasteiger partial charge in [-0.2, -0.15) is 0 Å². The van der Waals surface area contributed by atoms with E-state index in [0.717, 1.165) is 37.0 Å². The van der Waals surface area contributed by atoms with E-state index in [1.54, 1.807) is 0 Å². The number of nitrogens with zero attached hydrogens (tertiary/aromatic N) is 1. The quantitative estimate of drug-likeness (QED) is 0.809. The summed E-state index contributed by atoms with van der Waals surface area (Å²) in [6.07, 6.45) is 3.03. The Morgan fingerprint density at radius 2 is 2.29 bits per heavy atom.